The van der Waals surface area contributed by atoms with E-state index in [4.69, 9.17) is 9.72 Å². The molecule has 2 rings (SSSR count). The van der Waals surface area contributed by atoms with Crippen LogP contribution in [-0.2, 0) is 6.54 Å². The lowest BCUT2D eigenvalue weighted by atomic mass is 10.1. The zero-order chi connectivity index (χ0) is 15.9. The minimum atomic E-state index is 0.526. The van der Waals surface area contributed by atoms with Gasteiger partial charge in [0, 0.05) is 23.8 Å². The Balaban J connectivity index is 2.22. The van der Waals surface area contributed by atoms with Gasteiger partial charge in [0.25, 0.3) is 0 Å². The van der Waals surface area contributed by atoms with Crippen molar-refractivity contribution >= 4 is 0 Å². The van der Waals surface area contributed by atoms with Gasteiger partial charge in [-0.25, -0.2) is 0 Å². The van der Waals surface area contributed by atoms with Gasteiger partial charge >= 0.3 is 0 Å². The molecule has 1 aromatic carbocycles. The fourth-order valence-corrected chi connectivity index (χ4v) is 2.31. The highest BCUT2D eigenvalue weighted by Crippen LogP contribution is 2.29. The fraction of sp³-hybridized carbons (Fsp3) is 0.421. The van der Waals surface area contributed by atoms with Gasteiger partial charge in [0.1, 0.15) is 5.75 Å². The maximum absolute atomic E-state index is 5.70. The van der Waals surface area contributed by atoms with Crippen LogP contribution in [0.3, 0.4) is 0 Å². The topological polar surface area (TPSA) is 34.1 Å². The summed E-state index contributed by atoms with van der Waals surface area (Å²) >= 11 is 0. The average molecular weight is 298 g/mol. The molecule has 2 aromatic rings. The molecule has 1 aromatic heterocycles. The first kappa shape index (κ1) is 16.5. The van der Waals surface area contributed by atoms with E-state index in [1.165, 1.54) is 5.56 Å². The van der Waals surface area contributed by atoms with Crippen LogP contribution in [0.15, 0.2) is 36.4 Å². The van der Waals surface area contributed by atoms with Gasteiger partial charge in [-0.2, -0.15) is 0 Å². The summed E-state index contributed by atoms with van der Waals surface area (Å²) in [4.78, 5) is 4.77. The molecule has 1 atom stereocenters. The maximum Gasteiger partial charge on any atom is 0.128 e. The predicted octanol–water partition coefficient (Wildman–Crippen LogP) is 4.34. The zero-order valence-corrected chi connectivity index (χ0v) is 14.0. The number of aryl methyl sites for hydroxylation is 1. The summed E-state index contributed by atoms with van der Waals surface area (Å²) in [6.45, 7) is 9.99. The monoisotopic (exact) mass is 298 g/mol. The van der Waals surface area contributed by atoms with Crippen LogP contribution in [0.4, 0.5) is 0 Å². The number of nitrogens with zero attached hydrogens (tertiary/aromatic N) is 1. The van der Waals surface area contributed by atoms with Crippen LogP contribution >= 0.6 is 0 Å². The van der Waals surface area contributed by atoms with Crippen molar-refractivity contribution in [3.05, 3.63) is 47.7 Å². The van der Waals surface area contributed by atoms with E-state index in [0.29, 0.717) is 12.6 Å². The molecule has 3 heteroatoms. The van der Waals surface area contributed by atoms with E-state index in [1.54, 1.807) is 0 Å². The molecule has 0 radical (unpaired) electrons. The van der Waals surface area contributed by atoms with Crippen LogP contribution in [0, 0.1) is 6.92 Å². The van der Waals surface area contributed by atoms with E-state index in [9.17, 15) is 0 Å². The van der Waals surface area contributed by atoms with Gasteiger partial charge in [0.05, 0.1) is 12.3 Å². The van der Waals surface area contributed by atoms with Crippen LogP contribution in [-0.4, -0.2) is 17.6 Å². The third kappa shape index (κ3) is 4.08. The Morgan fingerprint density at radius 1 is 1.14 bits per heavy atom. The molecule has 3 nitrogen and oxygen atoms in total. The first-order valence-electron chi connectivity index (χ1n) is 8.07. The lowest BCUT2D eigenvalue weighted by Gasteiger charge is -2.14. The number of aromatic nitrogens is 1. The Morgan fingerprint density at radius 2 is 1.91 bits per heavy atom. The molecule has 0 amide bonds. The Morgan fingerprint density at radius 3 is 2.59 bits per heavy atom. The van der Waals surface area contributed by atoms with Crippen molar-refractivity contribution in [3.8, 4) is 17.0 Å². The number of nitrogens with one attached hydrogen (secondary N) is 1. The van der Waals surface area contributed by atoms with Crippen molar-refractivity contribution in [1.29, 1.82) is 0 Å². The fourth-order valence-electron chi connectivity index (χ4n) is 2.31. The average Bonchev–Trinajstić information content (AvgIpc) is 2.54. The van der Waals surface area contributed by atoms with Crippen molar-refractivity contribution in [1.82, 2.24) is 10.3 Å². The molecule has 0 spiro atoms. The highest BCUT2D eigenvalue weighted by molar-refractivity contribution is 5.67. The molecule has 0 saturated carbocycles. The highest BCUT2D eigenvalue weighted by atomic mass is 16.5. The smallest absolute Gasteiger partial charge is 0.128 e. The van der Waals surface area contributed by atoms with E-state index in [-0.39, 0.29) is 0 Å². The lowest BCUT2D eigenvalue weighted by Crippen LogP contribution is -2.24. The predicted molar refractivity (Wildman–Crippen MR) is 92.2 cm³/mol. The van der Waals surface area contributed by atoms with Gasteiger partial charge in [0.15, 0.2) is 0 Å². The molecule has 0 bridgehead atoms. The standard InChI is InChI=1S/C19H26N2O/c1-5-14(3)20-13-16-11-12-18(21-15(16)4)17-9-7-8-10-19(17)22-6-2/h7-12,14,20H,5-6,13H2,1-4H3. The molecule has 0 fully saturated rings. The van der Waals surface area contributed by atoms with E-state index >= 15 is 0 Å². The van der Waals surface area contributed by atoms with Gasteiger partial charge < -0.3 is 10.1 Å². The van der Waals surface area contributed by atoms with E-state index in [2.05, 4.69) is 44.3 Å². The number of benzene rings is 1. The second-order valence-electron chi connectivity index (χ2n) is 5.56. The van der Waals surface area contributed by atoms with Crippen molar-refractivity contribution in [2.75, 3.05) is 6.61 Å². The molecule has 22 heavy (non-hydrogen) atoms. The van der Waals surface area contributed by atoms with Gasteiger partial charge in [-0.1, -0.05) is 25.1 Å². The molecular weight excluding hydrogens is 272 g/mol. The molecule has 1 heterocycles. The molecule has 0 aliphatic carbocycles. The third-order valence-corrected chi connectivity index (χ3v) is 3.91. The van der Waals surface area contributed by atoms with Gasteiger partial charge in [-0.05, 0) is 51.0 Å². The summed E-state index contributed by atoms with van der Waals surface area (Å²) in [5.74, 6) is 0.891. The van der Waals surface area contributed by atoms with Crippen LogP contribution in [0.2, 0.25) is 0 Å². The Kier molecular flexibility index (Phi) is 5.96. The highest BCUT2D eigenvalue weighted by Gasteiger charge is 2.09. The van der Waals surface area contributed by atoms with Crippen molar-refractivity contribution in [2.45, 2.75) is 46.7 Å². The van der Waals surface area contributed by atoms with E-state index < -0.39 is 0 Å². The lowest BCUT2D eigenvalue weighted by molar-refractivity contribution is 0.341. The first-order chi connectivity index (χ1) is 10.7. The van der Waals surface area contributed by atoms with Crippen LogP contribution in [0.5, 0.6) is 5.75 Å². The summed E-state index contributed by atoms with van der Waals surface area (Å²) in [7, 11) is 0. The Hall–Kier alpha value is -1.87. The summed E-state index contributed by atoms with van der Waals surface area (Å²) in [5.41, 5.74) is 4.33. The van der Waals surface area contributed by atoms with Crippen molar-refractivity contribution in [3.63, 3.8) is 0 Å². The SMILES string of the molecule is CCOc1ccccc1-c1ccc(CNC(C)CC)c(C)n1. The number of rotatable bonds is 7. The minimum Gasteiger partial charge on any atom is -0.493 e. The largest absolute Gasteiger partial charge is 0.493 e. The van der Waals surface area contributed by atoms with Gasteiger partial charge in [-0.3, -0.25) is 4.98 Å². The molecule has 0 saturated heterocycles. The number of ether oxygens (including phenoxy) is 1. The van der Waals surface area contributed by atoms with E-state index in [0.717, 1.165) is 35.7 Å². The number of hydrogen-bond acceptors (Lipinski definition) is 3. The van der Waals surface area contributed by atoms with Crippen LogP contribution < -0.4 is 10.1 Å². The van der Waals surface area contributed by atoms with Crippen LogP contribution in [0.1, 0.15) is 38.4 Å². The van der Waals surface area contributed by atoms with Crippen molar-refractivity contribution < 1.29 is 4.74 Å². The summed E-state index contributed by atoms with van der Waals surface area (Å²) in [6, 6.07) is 12.8. The normalized spacial score (nSPS) is 12.2. The molecule has 1 unspecified atom stereocenters. The number of pyridine rings is 1. The molecule has 0 aliphatic rings. The molecule has 0 aliphatic heterocycles. The summed E-state index contributed by atoms with van der Waals surface area (Å²) < 4.78 is 5.70. The molecular formula is C19H26N2O. The first-order valence-corrected chi connectivity index (χ1v) is 8.07. The van der Waals surface area contributed by atoms with Gasteiger partial charge in [0.2, 0.25) is 0 Å². The third-order valence-electron chi connectivity index (χ3n) is 3.91. The quantitative estimate of drug-likeness (QED) is 0.825. The molecule has 118 valence electrons. The van der Waals surface area contributed by atoms with Gasteiger partial charge in [-0.15, -0.1) is 0 Å². The summed E-state index contributed by atoms with van der Waals surface area (Å²) in [5, 5.41) is 3.52. The summed E-state index contributed by atoms with van der Waals surface area (Å²) in [6.07, 6.45) is 1.13. The zero-order valence-electron chi connectivity index (χ0n) is 14.0. The van der Waals surface area contributed by atoms with Crippen LogP contribution in [0.25, 0.3) is 11.3 Å². The maximum atomic E-state index is 5.70. The Labute approximate surface area is 133 Å². The molecule has 1 N–H and O–H groups in total. The second-order valence-corrected chi connectivity index (χ2v) is 5.56. The van der Waals surface area contributed by atoms with E-state index in [1.807, 2.05) is 25.1 Å². The second kappa shape index (κ2) is 7.95. The number of para-hydroxylation sites is 1. The Bertz CT molecular complexity index is 610. The number of hydrogen-bond donors (Lipinski definition) is 1. The minimum absolute atomic E-state index is 0.526. The van der Waals surface area contributed by atoms with Crippen molar-refractivity contribution in [2.24, 2.45) is 0 Å².